The largest absolute Gasteiger partial charge is 0.469 e. The van der Waals surface area contributed by atoms with Gasteiger partial charge in [-0.15, -0.1) is 0 Å². The first-order valence-corrected chi connectivity index (χ1v) is 8.37. The zero-order valence-corrected chi connectivity index (χ0v) is 14.3. The first-order valence-electron chi connectivity index (χ1n) is 8.37. The Morgan fingerprint density at radius 1 is 1.23 bits per heavy atom. The van der Waals surface area contributed by atoms with Gasteiger partial charge in [0.2, 0.25) is 12.7 Å². The summed E-state index contributed by atoms with van der Waals surface area (Å²) in [6, 6.07) is 5.59. The summed E-state index contributed by atoms with van der Waals surface area (Å²) < 4.78 is 20.8. The van der Waals surface area contributed by atoms with Crippen LogP contribution >= 0.6 is 0 Å². The quantitative estimate of drug-likeness (QED) is 0.771. The predicted octanol–water partition coefficient (Wildman–Crippen LogP) is 1.91. The van der Waals surface area contributed by atoms with Gasteiger partial charge in [-0.3, -0.25) is 9.59 Å². The Labute approximate surface area is 149 Å². The lowest BCUT2D eigenvalue weighted by Gasteiger charge is -2.26. The summed E-state index contributed by atoms with van der Waals surface area (Å²) in [5.74, 6) is 1.68. The second kappa shape index (κ2) is 6.70. The minimum absolute atomic E-state index is 0.0807. The first kappa shape index (κ1) is 16.4. The third-order valence-corrected chi connectivity index (χ3v) is 4.60. The van der Waals surface area contributed by atoms with E-state index in [1.54, 1.807) is 4.90 Å². The molecule has 8 heteroatoms. The Kier molecular flexibility index (Phi) is 4.24. The Morgan fingerprint density at radius 3 is 2.92 bits per heavy atom. The number of nitrogens with zero attached hydrogens (tertiary/aromatic N) is 2. The highest BCUT2D eigenvalue weighted by atomic mass is 16.7. The lowest BCUT2D eigenvalue weighted by Crippen LogP contribution is -2.35. The highest BCUT2D eigenvalue weighted by Crippen LogP contribution is 2.38. The molecule has 3 heterocycles. The molecule has 0 atom stereocenters. The molecule has 4 rings (SSSR count). The molecule has 2 aliphatic heterocycles. The molecule has 0 unspecified atom stereocenters. The Bertz CT molecular complexity index is 859. The van der Waals surface area contributed by atoms with E-state index in [4.69, 9.17) is 14.0 Å². The molecule has 0 saturated heterocycles. The standard InChI is InChI=1S/C18H18N2O6/c1-23-17(22)5-4-16(21)20-7-6-13-12(9-20)18(19-26-13)11-2-3-14-15(8-11)25-10-24-14/h2-3,8H,4-7,9-10H2,1H3. The van der Waals surface area contributed by atoms with Gasteiger partial charge in [-0.1, -0.05) is 5.16 Å². The van der Waals surface area contributed by atoms with Crippen molar-refractivity contribution >= 4 is 11.9 Å². The number of fused-ring (bicyclic) bond motifs is 2. The number of amides is 1. The molecule has 1 aromatic heterocycles. The van der Waals surface area contributed by atoms with Crippen LogP contribution in [0.25, 0.3) is 11.3 Å². The molecule has 0 bridgehead atoms. The summed E-state index contributed by atoms with van der Waals surface area (Å²) in [4.78, 5) is 25.4. The molecule has 8 nitrogen and oxygen atoms in total. The van der Waals surface area contributed by atoms with Crippen LogP contribution in [0.5, 0.6) is 11.5 Å². The van der Waals surface area contributed by atoms with Gasteiger partial charge in [-0.05, 0) is 18.2 Å². The van der Waals surface area contributed by atoms with Gasteiger partial charge in [-0.2, -0.15) is 0 Å². The van der Waals surface area contributed by atoms with Crippen molar-refractivity contribution in [3.05, 3.63) is 29.5 Å². The van der Waals surface area contributed by atoms with Crippen molar-refractivity contribution in [1.82, 2.24) is 10.1 Å². The molecule has 0 fully saturated rings. The number of rotatable bonds is 4. The molecule has 0 radical (unpaired) electrons. The van der Waals surface area contributed by atoms with Crippen molar-refractivity contribution in [2.45, 2.75) is 25.8 Å². The van der Waals surface area contributed by atoms with Crippen LogP contribution in [-0.4, -0.2) is 42.4 Å². The van der Waals surface area contributed by atoms with E-state index in [1.807, 2.05) is 18.2 Å². The van der Waals surface area contributed by atoms with Crippen molar-refractivity contribution < 1.29 is 28.3 Å². The molecular weight excluding hydrogens is 340 g/mol. The second-order valence-corrected chi connectivity index (χ2v) is 6.14. The molecule has 0 aliphatic carbocycles. The van der Waals surface area contributed by atoms with E-state index >= 15 is 0 Å². The summed E-state index contributed by atoms with van der Waals surface area (Å²) in [6.07, 6.45) is 0.806. The van der Waals surface area contributed by atoms with Crippen LogP contribution in [0.1, 0.15) is 24.2 Å². The average molecular weight is 358 g/mol. The maximum atomic E-state index is 12.4. The van der Waals surface area contributed by atoms with Crippen molar-refractivity contribution in [2.24, 2.45) is 0 Å². The molecule has 1 aromatic carbocycles. The van der Waals surface area contributed by atoms with Crippen LogP contribution in [0.15, 0.2) is 22.7 Å². The summed E-state index contributed by atoms with van der Waals surface area (Å²) in [7, 11) is 1.31. The number of hydrogen-bond donors (Lipinski definition) is 0. The zero-order valence-electron chi connectivity index (χ0n) is 14.3. The number of methoxy groups -OCH3 is 1. The van der Waals surface area contributed by atoms with Gasteiger partial charge in [0.1, 0.15) is 11.5 Å². The Hall–Kier alpha value is -3.03. The molecule has 2 aromatic rings. The van der Waals surface area contributed by atoms with E-state index in [2.05, 4.69) is 9.89 Å². The smallest absolute Gasteiger partial charge is 0.306 e. The van der Waals surface area contributed by atoms with Gasteiger partial charge < -0.3 is 23.6 Å². The minimum Gasteiger partial charge on any atom is -0.469 e. The van der Waals surface area contributed by atoms with Crippen LogP contribution in [-0.2, 0) is 27.3 Å². The summed E-state index contributed by atoms with van der Waals surface area (Å²) in [5.41, 5.74) is 2.44. The normalized spacial score (nSPS) is 14.9. The summed E-state index contributed by atoms with van der Waals surface area (Å²) in [5, 5.41) is 4.19. The highest BCUT2D eigenvalue weighted by molar-refractivity contribution is 5.82. The van der Waals surface area contributed by atoms with Crippen LogP contribution in [0.3, 0.4) is 0 Å². The van der Waals surface area contributed by atoms with Crippen LogP contribution < -0.4 is 9.47 Å². The Balaban J connectivity index is 1.53. The number of esters is 1. The molecular formula is C18H18N2O6. The molecule has 136 valence electrons. The van der Waals surface area contributed by atoms with Crippen LogP contribution in [0, 0.1) is 0 Å². The van der Waals surface area contributed by atoms with Crippen LogP contribution in [0.4, 0.5) is 0 Å². The predicted molar refractivity (Wildman–Crippen MR) is 88.4 cm³/mol. The fourth-order valence-corrected chi connectivity index (χ4v) is 3.16. The molecule has 1 amide bonds. The maximum absolute atomic E-state index is 12.4. The molecule has 2 aliphatic rings. The van der Waals surface area contributed by atoms with E-state index < -0.39 is 0 Å². The van der Waals surface area contributed by atoms with Gasteiger partial charge in [0.15, 0.2) is 11.5 Å². The summed E-state index contributed by atoms with van der Waals surface area (Å²) in [6.45, 7) is 1.16. The van der Waals surface area contributed by atoms with Gasteiger partial charge in [-0.25, -0.2) is 0 Å². The molecule has 0 saturated carbocycles. The lowest BCUT2D eigenvalue weighted by atomic mass is 10.0. The molecule has 0 spiro atoms. The van der Waals surface area contributed by atoms with Gasteiger partial charge >= 0.3 is 5.97 Å². The Morgan fingerprint density at radius 2 is 2.08 bits per heavy atom. The average Bonchev–Trinajstić information content (AvgIpc) is 3.30. The number of benzene rings is 1. The topological polar surface area (TPSA) is 91.1 Å². The third-order valence-electron chi connectivity index (χ3n) is 4.60. The van der Waals surface area contributed by atoms with Gasteiger partial charge in [0.25, 0.3) is 0 Å². The SMILES string of the molecule is COC(=O)CCC(=O)N1CCc2onc(-c3ccc4c(c3)OCO4)c2C1. The van der Waals surface area contributed by atoms with E-state index in [1.165, 1.54) is 7.11 Å². The van der Waals surface area contributed by atoms with E-state index in [9.17, 15) is 9.59 Å². The maximum Gasteiger partial charge on any atom is 0.306 e. The summed E-state index contributed by atoms with van der Waals surface area (Å²) >= 11 is 0. The van der Waals surface area contributed by atoms with Crippen molar-refractivity contribution in [2.75, 3.05) is 20.4 Å². The van der Waals surface area contributed by atoms with E-state index in [-0.39, 0.29) is 31.5 Å². The number of hydrogen-bond acceptors (Lipinski definition) is 7. The van der Waals surface area contributed by atoms with E-state index in [0.717, 1.165) is 16.9 Å². The molecule has 0 N–H and O–H groups in total. The zero-order chi connectivity index (χ0) is 18.1. The van der Waals surface area contributed by atoms with Gasteiger partial charge in [0, 0.05) is 30.5 Å². The number of carbonyl (C=O) groups excluding carboxylic acids is 2. The van der Waals surface area contributed by atoms with Crippen LogP contribution in [0.2, 0.25) is 0 Å². The lowest BCUT2D eigenvalue weighted by molar-refractivity contribution is -0.143. The van der Waals surface area contributed by atoms with Crippen molar-refractivity contribution in [3.8, 4) is 22.8 Å². The monoisotopic (exact) mass is 358 g/mol. The number of aromatic nitrogens is 1. The number of carbonyl (C=O) groups is 2. The second-order valence-electron chi connectivity index (χ2n) is 6.14. The number of ether oxygens (including phenoxy) is 3. The highest BCUT2D eigenvalue weighted by Gasteiger charge is 2.28. The first-order chi connectivity index (χ1) is 12.7. The van der Waals surface area contributed by atoms with Gasteiger partial charge in [0.05, 0.1) is 20.1 Å². The third kappa shape index (κ3) is 2.98. The fraction of sp³-hybridized carbons (Fsp3) is 0.389. The van der Waals surface area contributed by atoms with Crippen molar-refractivity contribution in [1.29, 1.82) is 0 Å². The minimum atomic E-state index is -0.387. The van der Waals surface area contributed by atoms with Crippen molar-refractivity contribution in [3.63, 3.8) is 0 Å². The molecule has 26 heavy (non-hydrogen) atoms. The van der Waals surface area contributed by atoms with E-state index in [0.29, 0.717) is 36.7 Å². The fourth-order valence-electron chi connectivity index (χ4n) is 3.16.